The molecule has 2 aromatic rings. The number of hydrogen-bond acceptors (Lipinski definition) is 4. The van der Waals surface area contributed by atoms with Crippen molar-refractivity contribution in [3.8, 4) is 5.75 Å². The van der Waals surface area contributed by atoms with E-state index < -0.39 is 5.54 Å². The number of ketones is 1. The Morgan fingerprint density at radius 1 is 1.04 bits per heavy atom. The van der Waals surface area contributed by atoms with Gasteiger partial charge in [0.2, 0.25) is 0 Å². The molecular formula is C20H23NO3. The molecule has 0 bridgehead atoms. The molecule has 1 saturated heterocycles. The van der Waals surface area contributed by atoms with Gasteiger partial charge < -0.3 is 9.47 Å². The quantitative estimate of drug-likeness (QED) is 0.792. The van der Waals surface area contributed by atoms with Crippen molar-refractivity contribution in [3.05, 3.63) is 65.7 Å². The van der Waals surface area contributed by atoms with Crippen LogP contribution in [0.2, 0.25) is 0 Å². The summed E-state index contributed by atoms with van der Waals surface area (Å²) in [4.78, 5) is 15.7. The van der Waals surface area contributed by atoms with Crippen molar-refractivity contribution in [2.24, 2.45) is 0 Å². The zero-order chi connectivity index (χ0) is 17.0. The molecule has 0 spiro atoms. The third-order valence-corrected chi connectivity index (χ3v) is 4.77. The lowest BCUT2D eigenvalue weighted by Gasteiger charge is -2.42. The lowest BCUT2D eigenvalue weighted by atomic mass is 9.82. The second kappa shape index (κ2) is 7.16. The van der Waals surface area contributed by atoms with E-state index in [0.29, 0.717) is 18.8 Å². The lowest BCUT2D eigenvalue weighted by Crippen LogP contribution is -2.54. The minimum Gasteiger partial charge on any atom is -0.497 e. The largest absolute Gasteiger partial charge is 0.497 e. The highest BCUT2D eigenvalue weighted by Gasteiger charge is 2.41. The Bertz CT molecular complexity index is 678. The van der Waals surface area contributed by atoms with E-state index in [1.807, 2.05) is 61.5 Å². The van der Waals surface area contributed by atoms with Gasteiger partial charge in [-0.15, -0.1) is 0 Å². The van der Waals surface area contributed by atoms with E-state index in [4.69, 9.17) is 9.47 Å². The van der Waals surface area contributed by atoms with Crippen LogP contribution in [0.3, 0.4) is 0 Å². The Labute approximate surface area is 143 Å². The number of carbonyl (C=O) groups excluding carboxylic acids is 1. The monoisotopic (exact) mass is 325 g/mol. The second-order valence-electron chi connectivity index (χ2n) is 6.10. The summed E-state index contributed by atoms with van der Waals surface area (Å²) in [7, 11) is 1.62. The van der Waals surface area contributed by atoms with Crippen molar-refractivity contribution < 1.29 is 14.3 Å². The molecule has 1 aliphatic heterocycles. The molecule has 1 unspecified atom stereocenters. The van der Waals surface area contributed by atoms with E-state index in [-0.39, 0.29) is 5.78 Å². The molecule has 0 N–H and O–H groups in total. The normalized spacial score (nSPS) is 17.9. The highest BCUT2D eigenvalue weighted by molar-refractivity contribution is 6.03. The van der Waals surface area contributed by atoms with E-state index in [2.05, 4.69) is 4.90 Å². The Hall–Kier alpha value is -2.17. The fourth-order valence-corrected chi connectivity index (χ4v) is 3.25. The van der Waals surface area contributed by atoms with Gasteiger partial charge in [-0.25, -0.2) is 0 Å². The van der Waals surface area contributed by atoms with Crippen molar-refractivity contribution in [2.75, 3.05) is 33.4 Å². The van der Waals surface area contributed by atoms with Crippen LogP contribution >= 0.6 is 0 Å². The summed E-state index contributed by atoms with van der Waals surface area (Å²) in [5.74, 6) is 0.845. The molecule has 0 saturated carbocycles. The smallest absolute Gasteiger partial charge is 0.187 e. The van der Waals surface area contributed by atoms with Gasteiger partial charge in [-0.3, -0.25) is 9.69 Å². The van der Waals surface area contributed by atoms with Gasteiger partial charge in [0.25, 0.3) is 0 Å². The van der Waals surface area contributed by atoms with Gasteiger partial charge in [0.05, 0.1) is 20.3 Å². The first-order valence-corrected chi connectivity index (χ1v) is 8.23. The minimum atomic E-state index is -0.709. The number of methoxy groups -OCH3 is 1. The topological polar surface area (TPSA) is 38.8 Å². The maximum Gasteiger partial charge on any atom is 0.187 e. The van der Waals surface area contributed by atoms with Crippen LogP contribution in [-0.2, 0) is 10.3 Å². The predicted molar refractivity (Wildman–Crippen MR) is 93.5 cm³/mol. The van der Waals surface area contributed by atoms with Crippen LogP contribution in [0.25, 0.3) is 0 Å². The highest BCUT2D eigenvalue weighted by Crippen LogP contribution is 2.33. The molecule has 1 fully saturated rings. The lowest BCUT2D eigenvalue weighted by molar-refractivity contribution is -0.0111. The molecule has 4 nitrogen and oxygen atoms in total. The fraction of sp³-hybridized carbons (Fsp3) is 0.350. The molecule has 1 atom stereocenters. The Morgan fingerprint density at radius 2 is 1.67 bits per heavy atom. The number of ether oxygens (including phenoxy) is 2. The highest BCUT2D eigenvalue weighted by atomic mass is 16.5. The third-order valence-electron chi connectivity index (χ3n) is 4.77. The van der Waals surface area contributed by atoms with Gasteiger partial charge in [0.1, 0.15) is 11.3 Å². The molecule has 0 radical (unpaired) electrons. The van der Waals surface area contributed by atoms with E-state index in [0.717, 1.165) is 24.4 Å². The first-order valence-electron chi connectivity index (χ1n) is 8.23. The average Bonchev–Trinajstić information content (AvgIpc) is 2.68. The summed E-state index contributed by atoms with van der Waals surface area (Å²) < 4.78 is 10.7. The minimum absolute atomic E-state index is 0.0956. The van der Waals surface area contributed by atoms with E-state index in [9.17, 15) is 4.79 Å². The van der Waals surface area contributed by atoms with Crippen LogP contribution in [0, 0.1) is 0 Å². The van der Waals surface area contributed by atoms with Gasteiger partial charge in [0, 0.05) is 18.7 Å². The number of rotatable bonds is 5. The summed E-state index contributed by atoms with van der Waals surface area (Å²) in [6, 6.07) is 17.3. The number of hydrogen-bond donors (Lipinski definition) is 0. The molecule has 0 aliphatic carbocycles. The number of Topliss-reactive ketones (excluding diaryl/α,β-unsaturated/α-hetero) is 1. The molecule has 24 heavy (non-hydrogen) atoms. The maximum atomic E-state index is 13.4. The van der Waals surface area contributed by atoms with Crippen molar-refractivity contribution in [1.82, 2.24) is 4.90 Å². The zero-order valence-corrected chi connectivity index (χ0v) is 14.2. The molecule has 126 valence electrons. The Morgan fingerprint density at radius 3 is 2.25 bits per heavy atom. The molecule has 0 amide bonds. The standard InChI is InChI=1S/C20H23NO3/c1-20(17-6-4-3-5-7-17,21-12-14-24-15-13-21)19(22)16-8-10-18(23-2)11-9-16/h3-11H,12-15H2,1-2H3. The van der Waals surface area contributed by atoms with Crippen molar-refractivity contribution >= 4 is 5.78 Å². The molecule has 2 aromatic carbocycles. The number of nitrogens with zero attached hydrogens (tertiary/aromatic N) is 1. The summed E-state index contributed by atoms with van der Waals surface area (Å²) in [5.41, 5.74) is 0.987. The summed E-state index contributed by atoms with van der Waals surface area (Å²) in [6.07, 6.45) is 0. The SMILES string of the molecule is COc1ccc(C(=O)C(C)(c2ccccc2)N2CCOCC2)cc1. The molecule has 0 aromatic heterocycles. The summed E-state index contributed by atoms with van der Waals surface area (Å²) in [5, 5.41) is 0. The molecular weight excluding hydrogens is 302 g/mol. The predicted octanol–water partition coefficient (Wildman–Crippen LogP) is 3.13. The van der Waals surface area contributed by atoms with Gasteiger partial charge in [-0.05, 0) is 36.8 Å². The number of carbonyl (C=O) groups is 1. The number of benzene rings is 2. The van der Waals surface area contributed by atoms with E-state index >= 15 is 0 Å². The molecule has 4 heteroatoms. The maximum absolute atomic E-state index is 13.4. The van der Waals surface area contributed by atoms with Crippen LogP contribution in [0.4, 0.5) is 0 Å². The average molecular weight is 325 g/mol. The fourth-order valence-electron chi connectivity index (χ4n) is 3.25. The van der Waals surface area contributed by atoms with E-state index in [1.54, 1.807) is 7.11 Å². The zero-order valence-electron chi connectivity index (χ0n) is 14.2. The van der Waals surface area contributed by atoms with Crippen LogP contribution in [0.5, 0.6) is 5.75 Å². The van der Waals surface area contributed by atoms with E-state index in [1.165, 1.54) is 0 Å². The molecule has 1 aliphatic rings. The Kier molecular flexibility index (Phi) is 4.97. The number of morpholine rings is 1. The van der Waals surface area contributed by atoms with Crippen molar-refractivity contribution in [3.63, 3.8) is 0 Å². The summed E-state index contributed by atoms with van der Waals surface area (Å²) in [6.45, 7) is 4.80. The van der Waals surface area contributed by atoms with Gasteiger partial charge in [0.15, 0.2) is 5.78 Å². The molecule has 1 heterocycles. The van der Waals surface area contributed by atoms with Gasteiger partial charge in [-0.2, -0.15) is 0 Å². The van der Waals surface area contributed by atoms with Gasteiger partial charge >= 0.3 is 0 Å². The van der Waals surface area contributed by atoms with Crippen molar-refractivity contribution in [1.29, 1.82) is 0 Å². The van der Waals surface area contributed by atoms with Crippen LogP contribution in [-0.4, -0.2) is 44.1 Å². The first kappa shape index (κ1) is 16.7. The summed E-state index contributed by atoms with van der Waals surface area (Å²) >= 11 is 0. The Balaban J connectivity index is 2.01. The molecule has 3 rings (SSSR count). The van der Waals surface area contributed by atoms with Gasteiger partial charge in [-0.1, -0.05) is 30.3 Å². The first-order chi connectivity index (χ1) is 11.7. The van der Waals surface area contributed by atoms with Crippen LogP contribution < -0.4 is 4.74 Å². The second-order valence-corrected chi connectivity index (χ2v) is 6.10. The van der Waals surface area contributed by atoms with Crippen LogP contribution in [0.15, 0.2) is 54.6 Å². The third kappa shape index (κ3) is 3.07. The van der Waals surface area contributed by atoms with Crippen LogP contribution in [0.1, 0.15) is 22.8 Å². The van der Waals surface area contributed by atoms with Crippen molar-refractivity contribution in [2.45, 2.75) is 12.5 Å².